The number of carbonyl (C=O) groups excluding carboxylic acids is 2. The zero-order valence-electron chi connectivity index (χ0n) is 10.7. The summed E-state index contributed by atoms with van der Waals surface area (Å²) in [5, 5.41) is 0. The van der Waals surface area contributed by atoms with Crippen LogP contribution in [-0.2, 0) is 14.3 Å². The fourth-order valence-electron chi connectivity index (χ4n) is 1.42. The van der Waals surface area contributed by atoms with Gasteiger partial charge in [-0.25, -0.2) is 9.18 Å². The Morgan fingerprint density at radius 3 is 1.83 bits per heavy atom. The van der Waals surface area contributed by atoms with E-state index in [1.807, 2.05) is 0 Å². The lowest BCUT2D eigenvalue weighted by Crippen LogP contribution is -2.46. The first-order valence-electron chi connectivity index (χ1n) is 5.37. The van der Waals surface area contributed by atoms with Gasteiger partial charge >= 0.3 is 18.0 Å². The third-order valence-electron chi connectivity index (χ3n) is 2.06. The van der Waals surface area contributed by atoms with Gasteiger partial charge in [-0.1, -0.05) is 0 Å². The van der Waals surface area contributed by atoms with Gasteiger partial charge in [-0.15, -0.1) is 0 Å². The Kier molecular flexibility index (Phi) is 6.43. The van der Waals surface area contributed by atoms with Crippen LogP contribution in [0.4, 0.5) is 13.2 Å². The summed E-state index contributed by atoms with van der Waals surface area (Å²) in [5.74, 6) is -4.20. The topological polar surface area (TPSA) is 46.6 Å². The van der Waals surface area contributed by atoms with E-state index in [0.29, 0.717) is 0 Å². The van der Waals surface area contributed by atoms with Crippen LogP contribution in [0.3, 0.4) is 0 Å². The molecule has 0 heterocycles. The quantitative estimate of drug-likeness (QED) is 0.579. The number of amides is 1. The maximum Gasteiger partial charge on any atom is 0.397 e. The molecule has 7 heteroatoms. The second-order valence-electron chi connectivity index (χ2n) is 4.14. The van der Waals surface area contributed by atoms with E-state index < -0.39 is 30.4 Å². The molecule has 0 saturated heterocycles. The highest BCUT2D eigenvalue weighted by atomic mass is 19.3. The first-order valence-corrected chi connectivity index (χ1v) is 5.37. The van der Waals surface area contributed by atoms with Gasteiger partial charge in [0.15, 0.2) is 0 Å². The van der Waals surface area contributed by atoms with Gasteiger partial charge in [-0.3, -0.25) is 4.79 Å². The third-order valence-corrected chi connectivity index (χ3v) is 2.06. The molecule has 0 radical (unpaired) electrons. The van der Waals surface area contributed by atoms with E-state index in [1.165, 1.54) is 4.90 Å². The smallest absolute Gasteiger partial charge is 0.397 e. The Labute approximate surface area is 103 Å². The van der Waals surface area contributed by atoms with Gasteiger partial charge in [-0.2, -0.15) is 8.78 Å². The molecular weight excluding hydrogens is 251 g/mol. The van der Waals surface area contributed by atoms with E-state index in [-0.39, 0.29) is 12.1 Å². The highest BCUT2D eigenvalue weighted by Gasteiger charge is 2.28. The van der Waals surface area contributed by atoms with Crippen LogP contribution in [0, 0.1) is 0 Å². The van der Waals surface area contributed by atoms with E-state index >= 15 is 0 Å². The van der Waals surface area contributed by atoms with Crippen molar-refractivity contribution >= 4 is 11.9 Å². The average molecular weight is 267 g/mol. The lowest BCUT2D eigenvalue weighted by atomic mass is 10.2. The van der Waals surface area contributed by atoms with Crippen molar-refractivity contribution in [3.63, 3.8) is 0 Å². The minimum Gasteiger partial charge on any atom is -0.451 e. The van der Waals surface area contributed by atoms with Crippen molar-refractivity contribution in [1.82, 2.24) is 4.90 Å². The molecule has 0 aromatic heterocycles. The van der Waals surface area contributed by atoms with E-state index in [9.17, 15) is 22.8 Å². The fourth-order valence-corrected chi connectivity index (χ4v) is 1.42. The predicted octanol–water partition coefficient (Wildman–Crippen LogP) is 2.25. The maximum atomic E-state index is 12.4. The summed E-state index contributed by atoms with van der Waals surface area (Å²) < 4.78 is 40.0. The second kappa shape index (κ2) is 7.03. The molecule has 0 unspecified atom stereocenters. The van der Waals surface area contributed by atoms with E-state index in [2.05, 4.69) is 4.74 Å². The third kappa shape index (κ3) is 4.77. The minimum absolute atomic E-state index is 0.261. The lowest BCUT2D eigenvalue weighted by Gasteiger charge is -2.29. The molecule has 4 nitrogen and oxygen atoms in total. The van der Waals surface area contributed by atoms with Crippen LogP contribution in [0.15, 0.2) is 11.9 Å². The maximum absolute atomic E-state index is 12.4. The van der Waals surface area contributed by atoms with Gasteiger partial charge in [0, 0.05) is 12.1 Å². The van der Waals surface area contributed by atoms with Gasteiger partial charge < -0.3 is 9.64 Å². The standard InChI is InChI=1S/C11H16F3NO3/c1-6(2)15(7(3)4)10(16)11(17)18-5-8(12)9(13)14/h6-7H,5H2,1-4H3. The Morgan fingerprint density at radius 2 is 1.50 bits per heavy atom. The molecular formula is C11H16F3NO3. The van der Waals surface area contributed by atoms with Gasteiger partial charge in [0.05, 0.1) is 0 Å². The molecule has 0 aliphatic rings. The number of nitrogens with zero attached hydrogens (tertiary/aromatic N) is 1. The lowest BCUT2D eigenvalue weighted by molar-refractivity contribution is -0.161. The first-order chi connectivity index (χ1) is 8.18. The average Bonchev–Trinajstić information content (AvgIpc) is 2.23. The monoisotopic (exact) mass is 267 g/mol. The number of ether oxygens (including phenoxy) is 1. The minimum atomic E-state index is -2.57. The van der Waals surface area contributed by atoms with E-state index in [0.717, 1.165) is 0 Å². The molecule has 0 rings (SSSR count). The normalized spacial score (nSPS) is 10.5. The van der Waals surface area contributed by atoms with Gasteiger partial charge in [0.2, 0.25) is 5.83 Å². The highest BCUT2D eigenvalue weighted by Crippen LogP contribution is 2.10. The summed E-state index contributed by atoms with van der Waals surface area (Å²) in [6, 6.07) is -0.522. The van der Waals surface area contributed by atoms with Crippen molar-refractivity contribution in [3.8, 4) is 0 Å². The van der Waals surface area contributed by atoms with E-state index in [4.69, 9.17) is 0 Å². The SMILES string of the molecule is CC(C)N(C(=O)C(=O)OCC(F)=C(F)F)C(C)C. The molecule has 0 bridgehead atoms. The molecule has 0 saturated carbocycles. The molecule has 0 N–H and O–H groups in total. The van der Waals surface area contributed by atoms with Crippen LogP contribution >= 0.6 is 0 Å². The van der Waals surface area contributed by atoms with Crippen LogP contribution in [0.5, 0.6) is 0 Å². The molecule has 0 aliphatic carbocycles. The largest absolute Gasteiger partial charge is 0.451 e. The molecule has 0 fully saturated rings. The van der Waals surface area contributed by atoms with Crippen LogP contribution in [0.2, 0.25) is 0 Å². The Hall–Kier alpha value is -1.53. The summed E-state index contributed by atoms with van der Waals surface area (Å²) in [6.07, 6.45) is -2.57. The fraction of sp³-hybridized carbons (Fsp3) is 0.636. The van der Waals surface area contributed by atoms with Crippen LogP contribution < -0.4 is 0 Å². The molecule has 104 valence electrons. The van der Waals surface area contributed by atoms with Gasteiger partial charge in [0.25, 0.3) is 0 Å². The molecule has 18 heavy (non-hydrogen) atoms. The van der Waals surface area contributed by atoms with Gasteiger partial charge in [-0.05, 0) is 27.7 Å². The second-order valence-corrected chi connectivity index (χ2v) is 4.14. The van der Waals surface area contributed by atoms with Crippen LogP contribution in [0.1, 0.15) is 27.7 Å². The highest BCUT2D eigenvalue weighted by molar-refractivity contribution is 6.32. The van der Waals surface area contributed by atoms with Crippen molar-refractivity contribution < 1.29 is 27.5 Å². The summed E-state index contributed by atoms with van der Waals surface area (Å²) >= 11 is 0. The molecule has 1 amide bonds. The number of hydrogen-bond donors (Lipinski definition) is 0. The number of esters is 1. The zero-order valence-corrected chi connectivity index (χ0v) is 10.7. The van der Waals surface area contributed by atoms with Crippen LogP contribution in [0.25, 0.3) is 0 Å². The molecule has 0 aromatic carbocycles. The Bertz CT molecular complexity index is 341. The van der Waals surface area contributed by atoms with Crippen molar-refractivity contribution in [2.75, 3.05) is 6.61 Å². The first kappa shape index (κ1) is 16.5. The molecule has 0 aliphatic heterocycles. The van der Waals surface area contributed by atoms with E-state index in [1.54, 1.807) is 27.7 Å². The van der Waals surface area contributed by atoms with Crippen molar-refractivity contribution in [2.24, 2.45) is 0 Å². The van der Waals surface area contributed by atoms with Crippen molar-refractivity contribution in [2.45, 2.75) is 39.8 Å². The van der Waals surface area contributed by atoms with Crippen LogP contribution in [-0.4, -0.2) is 35.5 Å². The number of hydrogen-bond acceptors (Lipinski definition) is 3. The number of halogens is 3. The Morgan fingerprint density at radius 1 is 1.06 bits per heavy atom. The van der Waals surface area contributed by atoms with Gasteiger partial charge in [0.1, 0.15) is 6.61 Å². The molecule has 0 atom stereocenters. The predicted molar refractivity (Wildman–Crippen MR) is 58.4 cm³/mol. The summed E-state index contributed by atoms with van der Waals surface area (Å²) in [5.41, 5.74) is 0. The number of carbonyl (C=O) groups is 2. The molecule has 0 aromatic rings. The van der Waals surface area contributed by atoms with Crippen molar-refractivity contribution in [1.29, 1.82) is 0 Å². The summed E-state index contributed by atoms with van der Waals surface area (Å²) in [7, 11) is 0. The zero-order chi connectivity index (χ0) is 14.5. The Balaban J connectivity index is 4.60. The summed E-state index contributed by atoms with van der Waals surface area (Å²) in [4.78, 5) is 24.1. The molecule has 0 spiro atoms. The number of rotatable bonds is 4. The summed E-state index contributed by atoms with van der Waals surface area (Å²) in [6.45, 7) is 5.51. The van der Waals surface area contributed by atoms with Crippen molar-refractivity contribution in [3.05, 3.63) is 11.9 Å².